The number of alkyl halides is 2. The van der Waals surface area contributed by atoms with Crippen molar-refractivity contribution >= 4 is 40.0 Å². The van der Waals surface area contributed by atoms with Gasteiger partial charge in [0.15, 0.2) is 0 Å². The number of halogens is 3. The van der Waals surface area contributed by atoms with Crippen LogP contribution in [0.15, 0.2) is 29.3 Å². The van der Waals surface area contributed by atoms with Gasteiger partial charge in [0.25, 0.3) is 0 Å². The van der Waals surface area contributed by atoms with Crippen LogP contribution in [0.5, 0.6) is 0 Å². The van der Waals surface area contributed by atoms with Crippen LogP contribution in [-0.2, 0) is 0 Å². The van der Waals surface area contributed by atoms with Gasteiger partial charge in [0.2, 0.25) is 0 Å². The van der Waals surface area contributed by atoms with Gasteiger partial charge in [-0.05, 0) is 48.3 Å². The highest BCUT2D eigenvalue weighted by atomic mass is 35.5. The first-order valence-corrected chi connectivity index (χ1v) is 9.19. The van der Waals surface area contributed by atoms with E-state index in [1.807, 2.05) is 0 Å². The van der Waals surface area contributed by atoms with E-state index in [4.69, 9.17) is 39.8 Å². The molecule has 3 fully saturated rings. The Morgan fingerprint density at radius 3 is 1.71 bits per heavy atom. The van der Waals surface area contributed by atoms with Crippen LogP contribution in [0, 0.1) is 47.3 Å². The number of hydrogen-bond donors (Lipinski definition) is 0. The molecule has 3 saturated carbocycles. The fraction of sp³-hybridized carbons (Fsp3) is 0.706. The van der Waals surface area contributed by atoms with Gasteiger partial charge in [0, 0.05) is 11.8 Å². The van der Waals surface area contributed by atoms with E-state index in [1.54, 1.807) is 0 Å². The second kappa shape index (κ2) is 3.42. The van der Waals surface area contributed by atoms with Crippen molar-refractivity contribution in [3.05, 3.63) is 24.3 Å². The summed E-state index contributed by atoms with van der Waals surface area (Å²) in [6.45, 7) is 0. The molecule has 0 spiro atoms. The molecule has 0 N–H and O–H groups in total. The highest BCUT2D eigenvalue weighted by molar-refractivity contribution is 6.73. The van der Waals surface area contributed by atoms with Crippen molar-refractivity contribution in [1.29, 1.82) is 0 Å². The van der Waals surface area contributed by atoms with Gasteiger partial charge in [0.1, 0.15) is 15.0 Å². The van der Waals surface area contributed by atoms with E-state index in [-0.39, 0.29) is 0 Å². The van der Waals surface area contributed by atoms with Crippen molar-refractivity contribution in [3.63, 3.8) is 0 Å². The average molecular weight is 341 g/mol. The molecule has 0 saturated heterocycles. The number of allylic oxidation sites excluding steroid dienone is 4. The molecule has 0 aromatic rings. The lowest BCUT2D eigenvalue weighted by molar-refractivity contribution is 0.0175. The zero-order chi connectivity index (χ0) is 14.1. The van der Waals surface area contributed by atoms with Crippen LogP contribution in [-0.4, -0.2) is 15.0 Å². The molecule has 21 heavy (non-hydrogen) atoms. The molecule has 4 heteroatoms. The molecule has 6 bridgehead atoms. The number of aliphatic imine (C=N–C) groups is 1. The maximum absolute atomic E-state index is 7.31. The van der Waals surface area contributed by atoms with E-state index in [2.05, 4.69) is 24.3 Å². The van der Waals surface area contributed by atoms with Gasteiger partial charge in [-0.15, -0.1) is 11.6 Å². The molecule has 10 atom stereocenters. The third kappa shape index (κ3) is 1.10. The van der Waals surface area contributed by atoms with Crippen molar-refractivity contribution in [2.45, 2.75) is 22.7 Å². The Labute approximate surface area is 139 Å². The third-order valence-corrected chi connectivity index (χ3v) is 9.17. The van der Waals surface area contributed by atoms with E-state index in [9.17, 15) is 0 Å². The minimum atomic E-state index is -0.516. The van der Waals surface area contributed by atoms with E-state index < -0.39 is 9.87 Å². The van der Waals surface area contributed by atoms with Gasteiger partial charge < -0.3 is 0 Å². The minimum absolute atomic E-state index is 0.378. The molecule has 0 aromatic heterocycles. The second-order valence-electron chi connectivity index (χ2n) is 7.90. The van der Waals surface area contributed by atoms with E-state index in [1.165, 1.54) is 12.8 Å². The lowest BCUT2D eigenvalue weighted by Crippen LogP contribution is -2.69. The van der Waals surface area contributed by atoms with Crippen LogP contribution in [0.3, 0.4) is 0 Å². The van der Waals surface area contributed by atoms with Crippen molar-refractivity contribution in [3.8, 4) is 0 Å². The standard InChI is InChI=1S/C17H16Cl3N/c18-15-16(19)11-7-1-3-9(5-7)13(11)17(20,21-15)14-10-4-2-8(6-10)12(14)16/h1-4,7-14H,5-6H2/t7-,8+,9+,10-,11?,12?,13?,14?,16?,17?. The molecule has 2 heterocycles. The molecule has 6 unspecified atom stereocenters. The first kappa shape index (κ1) is 12.4. The third-order valence-electron chi connectivity index (χ3n) is 7.41. The Balaban J connectivity index is 1.65. The van der Waals surface area contributed by atoms with Crippen LogP contribution in [0.2, 0.25) is 0 Å². The summed E-state index contributed by atoms with van der Waals surface area (Å²) in [4.78, 5) is 3.84. The minimum Gasteiger partial charge on any atom is -0.252 e. The molecule has 7 rings (SSSR count). The van der Waals surface area contributed by atoms with Crippen LogP contribution >= 0.6 is 34.8 Å². The topological polar surface area (TPSA) is 12.4 Å². The Bertz CT molecular complexity index is 610. The van der Waals surface area contributed by atoms with Gasteiger partial charge in [-0.25, -0.2) is 0 Å². The number of fused-ring (bicyclic) bond motifs is 4. The van der Waals surface area contributed by atoms with E-state index >= 15 is 0 Å². The lowest BCUT2D eigenvalue weighted by atomic mass is 9.52. The Morgan fingerprint density at radius 2 is 1.24 bits per heavy atom. The molecule has 0 aromatic carbocycles. The molecule has 0 amide bonds. The van der Waals surface area contributed by atoms with Crippen molar-refractivity contribution in [1.82, 2.24) is 0 Å². The Hall–Kier alpha value is 0.0200. The summed E-state index contributed by atoms with van der Waals surface area (Å²) in [6.07, 6.45) is 11.8. The second-order valence-corrected chi connectivity index (χ2v) is 9.49. The van der Waals surface area contributed by atoms with Crippen LogP contribution in [0.1, 0.15) is 12.8 Å². The normalized spacial score (nSPS) is 67.7. The van der Waals surface area contributed by atoms with Gasteiger partial charge >= 0.3 is 0 Å². The summed E-state index contributed by atoms with van der Waals surface area (Å²) < 4.78 is 0. The molecular weight excluding hydrogens is 325 g/mol. The fourth-order valence-electron chi connectivity index (χ4n) is 7.00. The monoisotopic (exact) mass is 339 g/mol. The molecule has 7 aliphatic rings. The summed E-state index contributed by atoms with van der Waals surface area (Å²) >= 11 is 21.2. The van der Waals surface area contributed by atoms with Gasteiger partial charge in [0.05, 0.1) is 0 Å². The maximum atomic E-state index is 7.31. The number of rotatable bonds is 0. The highest BCUT2D eigenvalue weighted by Gasteiger charge is 2.78. The highest BCUT2D eigenvalue weighted by Crippen LogP contribution is 2.76. The van der Waals surface area contributed by atoms with Crippen LogP contribution in [0.25, 0.3) is 0 Å². The van der Waals surface area contributed by atoms with E-state index in [0.29, 0.717) is 52.5 Å². The van der Waals surface area contributed by atoms with E-state index in [0.717, 1.165) is 0 Å². The summed E-state index contributed by atoms with van der Waals surface area (Å²) in [7, 11) is 0. The zero-order valence-electron chi connectivity index (χ0n) is 11.4. The summed E-state index contributed by atoms with van der Waals surface area (Å²) in [5.74, 6) is 3.71. The SMILES string of the molecule is ClC1=NC2(Cl)C3C([C@H]4C=C[C@@H]3C4)C1(Cl)C1C2[C@H]2C=C[C@@H]1C2. The molecule has 2 aliphatic heterocycles. The Morgan fingerprint density at radius 1 is 0.810 bits per heavy atom. The number of hydrogen-bond acceptors (Lipinski definition) is 1. The average Bonchev–Trinajstić information content (AvgIpc) is 3.19. The molecule has 5 aliphatic carbocycles. The summed E-state index contributed by atoms with van der Waals surface area (Å²) in [5, 5.41) is 0.601. The van der Waals surface area contributed by atoms with Gasteiger partial charge in [-0.3, -0.25) is 4.99 Å². The smallest absolute Gasteiger partial charge is 0.142 e. The predicted octanol–water partition coefficient (Wildman–Crippen LogP) is 4.44. The van der Waals surface area contributed by atoms with Crippen molar-refractivity contribution < 1.29 is 0 Å². The van der Waals surface area contributed by atoms with Crippen LogP contribution in [0.4, 0.5) is 0 Å². The van der Waals surface area contributed by atoms with Gasteiger partial charge in [-0.2, -0.15) is 0 Å². The van der Waals surface area contributed by atoms with Crippen molar-refractivity contribution in [2.75, 3.05) is 0 Å². The first-order chi connectivity index (χ1) is 10.0. The zero-order valence-corrected chi connectivity index (χ0v) is 13.7. The Kier molecular flexibility index (Phi) is 2.03. The largest absolute Gasteiger partial charge is 0.252 e. The summed E-state index contributed by atoms with van der Waals surface area (Å²) in [5.41, 5.74) is 0. The predicted molar refractivity (Wildman–Crippen MR) is 85.9 cm³/mol. The molecule has 1 nitrogen and oxygen atoms in total. The first-order valence-electron chi connectivity index (χ1n) is 8.05. The van der Waals surface area contributed by atoms with Gasteiger partial charge in [-0.1, -0.05) is 47.5 Å². The van der Waals surface area contributed by atoms with Crippen molar-refractivity contribution in [2.24, 2.45) is 52.3 Å². The summed E-state index contributed by atoms with van der Waals surface area (Å²) in [6, 6.07) is 0. The maximum Gasteiger partial charge on any atom is 0.142 e. The molecule has 0 radical (unpaired) electrons. The quantitative estimate of drug-likeness (QED) is 0.351. The number of nitrogens with zero attached hydrogens (tertiary/aromatic N) is 1. The molecular formula is C17H16Cl3N. The lowest BCUT2D eigenvalue weighted by Gasteiger charge is -2.62. The fourth-order valence-corrected chi connectivity index (χ4v) is 8.75. The van der Waals surface area contributed by atoms with Crippen LogP contribution < -0.4 is 0 Å². The molecule has 110 valence electrons.